The maximum atomic E-state index is 12.1. The van der Waals surface area contributed by atoms with E-state index in [9.17, 15) is 4.79 Å². The number of nitrogens with zero attached hydrogens (tertiary/aromatic N) is 2. The number of hydrogen-bond donors (Lipinski definition) is 1. The van der Waals surface area contributed by atoms with Crippen LogP contribution in [0.4, 0.5) is 5.69 Å². The van der Waals surface area contributed by atoms with E-state index in [1.807, 2.05) is 19.2 Å². The summed E-state index contributed by atoms with van der Waals surface area (Å²) in [6.07, 6.45) is 3.85. The van der Waals surface area contributed by atoms with Crippen molar-refractivity contribution in [3.8, 4) is 11.5 Å². The maximum absolute atomic E-state index is 12.1. The molecular weight excluding hydrogens is 270 g/mol. The highest BCUT2D eigenvalue weighted by Crippen LogP contribution is 2.29. The van der Waals surface area contributed by atoms with Gasteiger partial charge in [-0.05, 0) is 25.1 Å². The third-order valence-electron chi connectivity index (χ3n) is 3.14. The molecule has 112 valence electrons. The van der Waals surface area contributed by atoms with E-state index in [2.05, 4.69) is 10.4 Å². The van der Waals surface area contributed by atoms with Crippen LogP contribution in [0, 0.1) is 0 Å². The molecule has 1 N–H and O–H groups in total. The number of carbonyl (C=O) groups is 1. The van der Waals surface area contributed by atoms with Crippen LogP contribution >= 0.6 is 0 Å². The average Bonchev–Trinajstić information content (AvgIpc) is 3.01. The van der Waals surface area contributed by atoms with Crippen molar-refractivity contribution in [2.75, 3.05) is 19.5 Å². The Kier molecular flexibility index (Phi) is 4.81. The minimum Gasteiger partial charge on any atom is -0.497 e. The first kappa shape index (κ1) is 14.9. The van der Waals surface area contributed by atoms with Crippen molar-refractivity contribution >= 4 is 11.6 Å². The summed E-state index contributed by atoms with van der Waals surface area (Å²) in [5.74, 6) is 1.15. The second-order valence-electron chi connectivity index (χ2n) is 4.65. The van der Waals surface area contributed by atoms with E-state index in [0.717, 1.165) is 0 Å². The molecule has 0 spiro atoms. The normalized spacial score (nSPS) is 11.8. The summed E-state index contributed by atoms with van der Waals surface area (Å²) < 4.78 is 12.1. The SMILES string of the molecule is COc1ccc(OC)c(NC(=O)C[C@@H](C)n2cccn2)c1. The van der Waals surface area contributed by atoms with Crippen LogP contribution in [-0.2, 0) is 4.79 Å². The van der Waals surface area contributed by atoms with Gasteiger partial charge in [0.1, 0.15) is 11.5 Å². The summed E-state index contributed by atoms with van der Waals surface area (Å²) in [5, 5.41) is 6.97. The average molecular weight is 289 g/mol. The van der Waals surface area contributed by atoms with Gasteiger partial charge in [-0.1, -0.05) is 0 Å². The van der Waals surface area contributed by atoms with Gasteiger partial charge >= 0.3 is 0 Å². The lowest BCUT2D eigenvalue weighted by atomic mass is 10.2. The molecule has 2 aromatic rings. The molecule has 6 heteroatoms. The Bertz CT molecular complexity index is 596. The zero-order valence-corrected chi connectivity index (χ0v) is 12.4. The van der Waals surface area contributed by atoms with Crippen LogP contribution in [-0.4, -0.2) is 29.9 Å². The molecule has 0 unspecified atom stereocenters. The maximum Gasteiger partial charge on any atom is 0.226 e. The van der Waals surface area contributed by atoms with E-state index < -0.39 is 0 Å². The Morgan fingerprint density at radius 1 is 1.38 bits per heavy atom. The van der Waals surface area contributed by atoms with Crippen molar-refractivity contribution in [2.45, 2.75) is 19.4 Å². The van der Waals surface area contributed by atoms with E-state index in [0.29, 0.717) is 23.6 Å². The first-order valence-electron chi connectivity index (χ1n) is 6.65. The minimum atomic E-state index is -0.107. The summed E-state index contributed by atoms with van der Waals surface area (Å²) in [7, 11) is 3.14. The largest absolute Gasteiger partial charge is 0.497 e. The molecular formula is C15H19N3O3. The molecule has 1 amide bonds. The van der Waals surface area contributed by atoms with E-state index in [-0.39, 0.29) is 11.9 Å². The van der Waals surface area contributed by atoms with Crippen molar-refractivity contribution in [3.05, 3.63) is 36.7 Å². The van der Waals surface area contributed by atoms with Gasteiger partial charge in [-0.15, -0.1) is 0 Å². The predicted molar refractivity (Wildman–Crippen MR) is 79.7 cm³/mol. The van der Waals surface area contributed by atoms with Crippen LogP contribution < -0.4 is 14.8 Å². The molecule has 2 rings (SSSR count). The smallest absolute Gasteiger partial charge is 0.226 e. The second kappa shape index (κ2) is 6.78. The summed E-state index contributed by atoms with van der Waals surface area (Å²) in [6, 6.07) is 7.08. The van der Waals surface area contributed by atoms with Crippen LogP contribution in [0.1, 0.15) is 19.4 Å². The fourth-order valence-corrected chi connectivity index (χ4v) is 2.02. The Hall–Kier alpha value is -2.50. The van der Waals surface area contributed by atoms with Gasteiger partial charge in [-0.25, -0.2) is 0 Å². The number of anilines is 1. The lowest BCUT2D eigenvalue weighted by molar-refractivity contribution is -0.116. The molecule has 21 heavy (non-hydrogen) atoms. The van der Waals surface area contributed by atoms with Crippen LogP contribution in [0.15, 0.2) is 36.7 Å². The van der Waals surface area contributed by atoms with Crippen LogP contribution in [0.25, 0.3) is 0 Å². The molecule has 6 nitrogen and oxygen atoms in total. The lowest BCUT2D eigenvalue weighted by Crippen LogP contribution is -2.18. The number of ether oxygens (including phenoxy) is 2. The van der Waals surface area contributed by atoms with Gasteiger partial charge < -0.3 is 14.8 Å². The number of hydrogen-bond acceptors (Lipinski definition) is 4. The topological polar surface area (TPSA) is 65.4 Å². The van der Waals surface area contributed by atoms with Crippen LogP contribution in [0.2, 0.25) is 0 Å². The Morgan fingerprint density at radius 3 is 2.81 bits per heavy atom. The van der Waals surface area contributed by atoms with Gasteiger partial charge in [0.15, 0.2) is 0 Å². The molecule has 1 atom stereocenters. The van der Waals surface area contributed by atoms with Crippen molar-refractivity contribution in [1.29, 1.82) is 0 Å². The Labute approximate surface area is 123 Å². The van der Waals surface area contributed by atoms with Gasteiger partial charge in [0.2, 0.25) is 5.91 Å². The molecule has 1 heterocycles. The highest BCUT2D eigenvalue weighted by molar-refractivity contribution is 5.92. The Morgan fingerprint density at radius 2 is 2.19 bits per heavy atom. The second-order valence-corrected chi connectivity index (χ2v) is 4.65. The van der Waals surface area contributed by atoms with Gasteiger partial charge in [0.05, 0.1) is 25.9 Å². The minimum absolute atomic E-state index is 0.0170. The van der Waals surface area contributed by atoms with E-state index in [4.69, 9.17) is 9.47 Å². The Balaban J connectivity index is 2.05. The van der Waals surface area contributed by atoms with E-state index in [1.54, 1.807) is 43.3 Å². The summed E-state index contributed by atoms with van der Waals surface area (Å²) >= 11 is 0. The number of amides is 1. The highest BCUT2D eigenvalue weighted by atomic mass is 16.5. The number of methoxy groups -OCH3 is 2. The van der Waals surface area contributed by atoms with Crippen molar-refractivity contribution in [1.82, 2.24) is 9.78 Å². The molecule has 0 fully saturated rings. The fraction of sp³-hybridized carbons (Fsp3) is 0.333. The third kappa shape index (κ3) is 3.75. The van der Waals surface area contributed by atoms with Gasteiger partial charge in [0, 0.05) is 24.9 Å². The monoisotopic (exact) mass is 289 g/mol. The van der Waals surface area contributed by atoms with Crippen molar-refractivity contribution in [3.63, 3.8) is 0 Å². The molecule has 0 radical (unpaired) electrons. The number of nitrogens with one attached hydrogen (secondary N) is 1. The number of aromatic nitrogens is 2. The summed E-state index contributed by atoms with van der Waals surface area (Å²) in [6.45, 7) is 1.94. The van der Waals surface area contributed by atoms with Crippen molar-refractivity contribution in [2.24, 2.45) is 0 Å². The molecule has 0 aliphatic heterocycles. The number of rotatable bonds is 6. The molecule has 0 saturated carbocycles. The summed E-state index contributed by atoms with van der Waals surface area (Å²) in [4.78, 5) is 12.1. The van der Waals surface area contributed by atoms with Crippen LogP contribution in [0.5, 0.6) is 11.5 Å². The van der Waals surface area contributed by atoms with Gasteiger partial charge in [-0.2, -0.15) is 5.10 Å². The fourth-order valence-electron chi connectivity index (χ4n) is 2.02. The van der Waals surface area contributed by atoms with Crippen LogP contribution in [0.3, 0.4) is 0 Å². The van der Waals surface area contributed by atoms with E-state index in [1.165, 1.54) is 0 Å². The molecule has 0 aliphatic carbocycles. The first-order chi connectivity index (χ1) is 10.1. The number of benzene rings is 1. The van der Waals surface area contributed by atoms with Crippen molar-refractivity contribution < 1.29 is 14.3 Å². The number of carbonyl (C=O) groups excluding carboxylic acids is 1. The standard InChI is InChI=1S/C15H19N3O3/c1-11(18-8-4-7-16-18)9-15(19)17-13-10-12(20-2)5-6-14(13)21-3/h4-8,10-11H,9H2,1-3H3,(H,17,19)/t11-/m1/s1. The zero-order valence-electron chi connectivity index (χ0n) is 12.4. The van der Waals surface area contributed by atoms with Gasteiger partial charge in [-0.3, -0.25) is 9.48 Å². The third-order valence-corrected chi connectivity index (χ3v) is 3.14. The molecule has 0 saturated heterocycles. The predicted octanol–water partition coefficient (Wildman–Crippen LogP) is 2.49. The highest BCUT2D eigenvalue weighted by Gasteiger charge is 2.13. The lowest BCUT2D eigenvalue weighted by Gasteiger charge is -2.14. The molecule has 1 aromatic heterocycles. The molecule has 1 aromatic carbocycles. The first-order valence-corrected chi connectivity index (χ1v) is 6.65. The van der Waals surface area contributed by atoms with E-state index >= 15 is 0 Å². The van der Waals surface area contributed by atoms with Gasteiger partial charge in [0.25, 0.3) is 0 Å². The molecule has 0 aliphatic rings. The summed E-state index contributed by atoms with van der Waals surface area (Å²) in [5.41, 5.74) is 0.592. The quantitative estimate of drug-likeness (QED) is 0.887. The molecule has 0 bridgehead atoms. The zero-order chi connectivity index (χ0) is 15.2.